The van der Waals surface area contributed by atoms with Crippen LogP contribution < -0.4 is 0 Å². The molecule has 1 N–H and O–H groups in total. The number of fused-ring (bicyclic) bond motifs is 1. The maximum Gasteiger partial charge on any atom is 0.305 e. The molecule has 3 nitrogen and oxygen atoms in total. The number of hydrogen-bond acceptors (Lipinski definition) is 2. The number of H-pyrrole nitrogens is 1. The zero-order chi connectivity index (χ0) is 11.5. The van der Waals surface area contributed by atoms with Crippen LogP contribution in [0.15, 0.2) is 24.4 Å². The van der Waals surface area contributed by atoms with Crippen molar-refractivity contribution in [3.05, 3.63) is 35.5 Å². The van der Waals surface area contributed by atoms with Gasteiger partial charge in [-0.25, -0.2) is 0 Å². The van der Waals surface area contributed by atoms with Crippen LogP contribution in [0.25, 0.3) is 10.9 Å². The van der Waals surface area contributed by atoms with E-state index in [0.29, 0.717) is 6.42 Å². The van der Waals surface area contributed by atoms with Gasteiger partial charge >= 0.3 is 5.97 Å². The van der Waals surface area contributed by atoms with E-state index < -0.39 is 0 Å². The number of nitrogens with one attached hydrogen (secondary N) is 1. The summed E-state index contributed by atoms with van der Waals surface area (Å²) in [6, 6.07) is 6.22. The molecule has 84 valence electrons. The van der Waals surface area contributed by atoms with Crippen LogP contribution in [0.5, 0.6) is 0 Å². The summed E-state index contributed by atoms with van der Waals surface area (Å²) in [5, 5.41) is 1.22. The monoisotopic (exact) mass is 217 g/mol. The van der Waals surface area contributed by atoms with Gasteiger partial charge in [-0.05, 0) is 36.6 Å². The Morgan fingerprint density at radius 2 is 2.25 bits per heavy atom. The van der Waals surface area contributed by atoms with Crippen LogP contribution in [0.4, 0.5) is 0 Å². The van der Waals surface area contributed by atoms with Gasteiger partial charge in [-0.3, -0.25) is 4.79 Å². The molecule has 0 unspecified atom stereocenters. The molecule has 0 aliphatic carbocycles. The largest absolute Gasteiger partial charge is 0.469 e. The van der Waals surface area contributed by atoms with Crippen LogP contribution in [0.2, 0.25) is 0 Å². The minimum absolute atomic E-state index is 0.161. The minimum Gasteiger partial charge on any atom is -0.469 e. The fourth-order valence-electron chi connectivity index (χ4n) is 1.81. The number of aromatic amines is 1. The Hall–Kier alpha value is -1.77. The first-order valence-corrected chi connectivity index (χ1v) is 5.34. The molecule has 0 bridgehead atoms. The summed E-state index contributed by atoms with van der Waals surface area (Å²) in [6.07, 6.45) is 3.16. The number of methoxy groups -OCH3 is 1. The molecule has 16 heavy (non-hydrogen) atoms. The summed E-state index contributed by atoms with van der Waals surface area (Å²) >= 11 is 0. The first kappa shape index (κ1) is 10.7. The molecule has 0 aliphatic rings. The van der Waals surface area contributed by atoms with Crippen molar-refractivity contribution in [2.45, 2.75) is 19.8 Å². The number of hydrogen-bond donors (Lipinski definition) is 1. The molecule has 0 spiro atoms. The van der Waals surface area contributed by atoms with Gasteiger partial charge in [0.15, 0.2) is 0 Å². The maximum absolute atomic E-state index is 11.0. The second-order valence-electron chi connectivity index (χ2n) is 3.93. The van der Waals surface area contributed by atoms with Crippen LogP contribution in [0, 0.1) is 6.92 Å². The first-order chi connectivity index (χ1) is 7.70. The predicted octanol–water partition coefficient (Wildman–Crippen LogP) is 2.58. The summed E-state index contributed by atoms with van der Waals surface area (Å²) in [5.41, 5.74) is 3.54. The van der Waals surface area contributed by atoms with Gasteiger partial charge in [0.2, 0.25) is 0 Å². The van der Waals surface area contributed by atoms with E-state index in [9.17, 15) is 4.79 Å². The zero-order valence-corrected chi connectivity index (χ0v) is 9.54. The quantitative estimate of drug-likeness (QED) is 0.803. The van der Waals surface area contributed by atoms with E-state index >= 15 is 0 Å². The highest BCUT2D eigenvalue weighted by Crippen LogP contribution is 2.19. The third kappa shape index (κ3) is 2.08. The lowest BCUT2D eigenvalue weighted by molar-refractivity contribution is -0.140. The van der Waals surface area contributed by atoms with Crippen molar-refractivity contribution in [2.75, 3.05) is 7.11 Å². The van der Waals surface area contributed by atoms with Gasteiger partial charge in [-0.15, -0.1) is 0 Å². The Morgan fingerprint density at radius 3 is 3.00 bits per heavy atom. The summed E-state index contributed by atoms with van der Waals surface area (Å²) in [5.74, 6) is -0.161. The summed E-state index contributed by atoms with van der Waals surface area (Å²) in [6.45, 7) is 2.07. The summed E-state index contributed by atoms with van der Waals surface area (Å²) in [4.78, 5) is 14.2. The van der Waals surface area contributed by atoms with E-state index in [1.807, 2.05) is 12.3 Å². The third-order valence-electron chi connectivity index (χ3n) is 2.80. The summed E-state index contributed by atoms with van der Waals surface area (Å²) in [7, 11) is 1.42. The number of aromatic nitrogens is 1. The molecule has 0 saturated carbocycles. The van der Waals surface area contributed by atoms with Gasteiger partial charge in [-0.1, -0.05) is 6.07 Å². The lowest BCUT2D eigenvalue weighted by atomic mass is 10.1. The van der Waals surface area contributed by atoms with Crippen molar-refractivity contribution in [2.24, 2.45) is 0 Å². The molecule has 0 radical (unpaired) electrons. The Balaban J connectivity index is 2.19. The molecule has 3 heteroatoms. The smallest absolute Gasteiger partial charge is 0.305 e. The van der Waals surface area contributed by atoms with E-state index in [0.717, 1.165) is 11.9 Å². The summed E-state index contributed by atoms with van der Waals surface area (Å²) < 4.78 is 4.62. The second-order valence-corrected chi connectivity index (χ2v) is 3.93. The topological polar surface area (TPSA) is 42.1 Å². The van der Waals surface area contributed by atoms with Crippen LogP contribution in [0.3, 0.4) is 0 Å². The molecule has 0 atom stereocenters. The Morgan fingerprint density at radius 1 is 1.44 bits per heavy atom. The number of esters is 1. The van der Waals surface area contributed by atoms with Crippen molar-refractivity contribution in [3.8, 4) is 0 Å². The number of aryl methyl sites for hydroxylation is 2. The lowest BCUT2D eigenvalue weighted by Gasteiger charge is -2.01. The van der Waals surface area contributed by atoms with E-state index in [-0.39, 0.29) is 5.97 Å². The minimum atomic E-state index is -0.161. The first-order valence-electron chi connectivity index (χ1n) is 5.34. The standard InChI is InChI=1S/C13H15NO2/c1-9-8-14-12-5-3-10(7-11(9)12)4-6-13(15)16-2/h3,5,7-8,14H,4,6H2,1-2H3. The van der Waals surface area contributed by atoms with Crippen LogP contribution in [-0.2, 0) is 16.0 Å². The lowest BCUT2D eigenvalue weighted by Crippen LogP contribution is -2.01. The molecule has 0 saturated heterocycles. The molecule has 0 fully saturated rings. The Bertz CT molecular complexity index is 514. The fourth-order valence-corrected chi connectivity index (χ4v) is 1.81. The molecule has 2 aromatic rings. The van der Waals surface area contributed by atoms with Crippen molar-refractivity contribution >= 4 is 16.9 Å². The third-order valence-corrected chi connectivity index (χ3v) is 2.80. The molecule has 1 aromatic carbocycles. The second kappa shape index (κ2) is 4.39. The molecular formula is C13H15NO2. The van der Waals surface area contributed by atoms with E-state index in [2.05, 4.69) is 28.8 Å². The van der Waals surface area contributed by atoms with Crippen molar-refractivity contribution in [3.63, 3.8) is 0 Å². The molecule has 2 rings (SSSR count). The van der Waals surface area contributed by atoms with Crippen LogP contribution >= 0.6 is 0 Å². The van der Waals surface area contributed by atoms with Gasteiger partial charge < -0.3 is 9.72 Å². The average molecular weight is 217 g/mol. The number of rotatable bonds is 3. The highest BCUT2D eigenvalue weighted by atomic mass is 16.5. The number of carbonyl (C=O) groups excluding carboxylic acids is 1. The number of carbonyl (C=O) groups is 1. The highest BCUT2D eigenvalue weighted by Gasteiger charge is 2.04. The Labute approximate surface area is 94.4 Å². The molecule has 0 aliphatic heterocycles. The van der Waals surface area contributed by atoms with E-state index in [1.54, 1.807) is 0 Å². The SMILES string of the molecule is COC(=O)CCc1ccc2[nH]cc(C)c2c1. The van der Waals surface area contributed by atoms with Crippen LogP contribution in [0.1, 0.15) is 17.5 Å². The molecule has 1 heterocycles. The Kier molecular flexibility index (Phi) is 2.95. The van der Waals surface area contributed by atoms with Gasteiger partial charge in [0.05, 0.1) is 7.11 Å². The molecule has 1 aromatic heterocycles. The predicted molar refractivity (Wildman–Crippen MR) is 63.4 cm³/mol. The van der Waals surface area contributed by atoms with Crippen molar-refractivity contribution < 1.29 is 9.53 Å². The van der Waals surface area contributed by atoms with Gasteiger partial charge in [0.25, 0.3) is 0 Å². The van der Waals surface area contributed by atoms with Gasteiger partial charge in [-0.2, -0.15) is 0 Å². The number of benzene rings is 1. The normalized spacial score (nSPS) is 10.6. The fraction of sp³-hybridized carbons (Fsp3) is 0.308. The van der Waals surface area contributed by atoms with E-state index in [1.165, 1.54) is 23.6 Å². The average Bonchev–Trinajstić information content (AvgIpc) is 2.68. The van der Waals surface area contributed by atoms with Crippen molar-refractivity contribution in [1.82, 2.24) is 4.98 Å². The van der Waals surface area contributed by atoms with Crippen LogP contribution in [-0.4, -0.2) is 18.1 Å². The van der Waals surface area contributed by atoms with Gasteiger partial charge in [0.1, 0.15) is 0 Å². The van der Waals surface area contributed by atoms with Gasteiger partial charge in [0, 0.05) is 23.5 Å². The zero-order valence-electron chi connectivity index (χ0n) is 9.54. The molecule has 0 amide bonds. The van der Waals surface area contributed by atoms with E-state index in [4.69, 9.17) is 0 Å². The molecular weight excluding hydrogens is 202 g/mol. The maximum atomic E-state index is 11.0. The van der Waals surface area contributed by atoms with Crippen molar-refractivity contribution in [1.29, 1.82) is 0 Å². The number of ether oxygens (including phenoxy) is 1. The highest BCUT2D eigenvalue weighted by molar-refractivity contribution is 5.83.